The second-order valence-electron chi connectivity index (χ2n) is 2.52. The zero-order chi connectivity index (χ0) is 9.84. The number of nitrogens with zero attached hydrogens (tertiary/aromatic N) is 2. The first-order valence-corrected chi connectivity index (χ1v) is 3.96. The molecule has 0 aliphatic carbocycles. The molecule has 0 bridgehead atoms. The van der Waals surface area contributed by atoms with E-state index >= 15 is 0 Å². The topological polar surface area (TPSA) is 55.6 Å². The second kappa shape index (κ2) is 4.04. The number of hydrogen-bond donors (Lipinski definition) is 0. The van der Waals surface area contributed by atoms with Crippen LogP contribution in [0.4, 0.5) is 0 Å². The van der Waals surface area contributed by atoms with Crippen molar-refractivity contribution in [3.8, 4) is 0 Å². The lowest BCUT2D eigenvalue weighted by Crippen LogP contribution is -2.25. The largest absolute Gasteiger partial charge is 0.361 e. The Morgan fingerprint density at radius 2 is 2.46 bits per heavy atom. The summed E-state index contributed by atoms with van der Waals surface area (Å²) in [7, 11) is 2.93. The third kappa shape index (κ3) is 2.06. The molecule has 0 atom stereocenters. The van der Waals surface area contributed by atoms with Gasteiger partial charge in [0, 0.05) is 19.5 Å². The van der Waals surface area contributed by atoms with E-state index in [4.69, 9.17) is 9.36 Å². The Kier molecular flexibility index (Phi) is 3.02. The molecule has 0 spiro atoms. The van der Waals surface area contributed by atoms with E-state index in [0.29, 0.717) is 5.76 Å². The molecule has 5 heteroatoms. The minimum atomic E-state index is -0.314. The summed E-state index contributed by atoms with van der Waals surface area (Å²) in [6.07, 6.45) is 0.719. The standard InChI is InChI=1S/C8H12N2O3/c1-4-6-5-7(9-13-6)8(11)10(2)12-3/h5H,4H2,1-3H3. The van der Waals surface area contributed by atoms with Crippen LogP contribution < -0.4 is 0 Å². The predicted octanol–water partition coefficient (Wildman–Crippen LogP) is 0.870. The van der Waals surface area contributed by atoms with Gasteiger partial charge < -0.3 is 4.52 Å². The summed E-state index contributed by atoms with van der Waals surface area (Å²) in [5.41, 5.74) is 0.265. The number of carbonyl (C=O) groups is 1. The predicted molar refractivity (Wildman–Crippen MR) is 45.0 cm³/mol. The maximum absolute atomic E-state index is 11.4. The van der Waals surface area contributed by atoms with Crippen LogP contribution in [-0.2, 0) is 11.3 Å². The lowest BCUT2D eigenvalue weighted by Gasteiger charge is -2.10. The molecule has 0 N–H and O–H groups in total. The molecule has 5 nitrogen and oxygen atoms in total. The summed E-state index contributed by atoms with van der Waals surface area (Å²) >= 11 is 0. The number of hydroxylamine groups is 2. The van der Waals surface area contributed by atoms with Crippen LogP contribution in [0.15, 0.2) is 10.6 Å². The molecular formula is C8H12N2O3. The molecule has 1 amide bonds. The van der Waals surface area contributed by atoms with Gasteiger partial charge in [-0.25, -0.2) is 5.06 Å². The Balaban J connectivity index is 2.77. The molecule has 1 rings (SSSR count). The Labute approximate surface area is 76.2 Å². The smallest absolute Gasteiger partial charge is 0.299 e. The molecule has 0 aliphatic heterocycles. The van der Waals surface area contributed by atoms with E-state index in [-0.39, 0.29) is 11.6 Å². The van der Waals surface area contributed by atoms with Crippen molar-refractivity contribution in [1.29, 1.82) is 0 Å². The van der Waals surface area contributed by atoms with Gasteiger partial charge >= 0.3 is 0 Å². The van der Waals surface area contributed by atoms with E-state index in [1.807, 2.05) is 6.92 Å². The van der Waals surface area contributed by atoms with E-state index in [2.05, 4.69) is 5.16 Å². The maximum Gasteiger partial charge on any atom is 0.299 e. The van der Waals surface area contributed by atoms with Gasteiger partial charge in [-0.3, -0.25) is 9.63 Å². The molecule has 1 aromatic heterocycles. The zero-order valence-electron chi connectivity index (χ0n) is 7.90. The first kappa shape index (κ1) is 9.73. The fourth-order valence-corrected chi connectivity index (χ4v) is 0.825. The third-order valence-electron chi connectivity index (χ3n) is 1.69. The van der Waals surface area contributed by atoms with Crippen LogP contribution in [0, 0.1) is 0 Å². The Morgan fingerprint density at radius 1 is 1.77 bits per heavy atom. The summed E-state index contributed by atoms with van der Waals surface area (Å²) < 4.78 is 4.88. The van der Waals surface area contributed by atoms with Crippen molar-refractivity contribution in [2.75, 3.05) is 14.2 Å². The molecule has 0 aliphatic rings. The number of aromatic nitrogens is 1. The summed E-state index contributed by atoms with van der Waals surface area (Å²) in [5.74, 6) is 0.374. The van der Waals surface area contributed by atoms with Crippen molar-refractivity contribution in [3.05, 3.63) is 17.5 Å². The summed E-state index contributed by atoms with van der Waals surface area (Å²) in [6.45, 7) is 1.93. The lowest BCUT2D eigenvalue weighted by molar-refractivity contribution is -0.0762. The van der Waals surface area contributed by atoms with Crippen molar-refractivity contribution in [3.63, 3.8) is 0 Å². The molecule has 0 fully saturated rings. The van der Waals surface area contributed by atoms with Crippen molar-refractivity contribution >= 4 is 5.91 Å². The average Bonchev–Trinajstić information content (AvgIpc) is 2.63. The molecular weight excluding hydrogens is 172 g/mol. The van der Waals surface area contributed by atoms with Crippen LogP contribution in [-0.4, -0.2) is 30.3 Å². The summed E-state index contributed by atoms with van der Waals surface area (Å²) in [4.78, 5) is 16.1. The van der Waals surface area contributed by atoms with Gasteiger partial charge in [0.25, 0.3) is 5.91 Å². The maximum atomic E-state index is 11.4. The van der Waals surface area contributed by atoms with Crippen LogP contribution in [0.25, 0.3) is 0 Å². The third-order valence-corrected chi connectivity index (χ3v) is 1.69. The van der Waals surface area contributed by atoms with E-state index < -0.39 is 0 Å². The lowest BCUT2D eigenvalue weighted by atomic mass is 10.3. The summed E-state index contributed by atoms with van der Waals surface area (Å²) in [5, 5.41) is 4.70. The van der Waals surface area contributed by atoms with Gasteiger partial charge in [0.15, 0.2) is 5.69 Å². The van der Waals surface area contributed by atoms with Gasteiger partial charge in [-0.15, -0.1) is 0 Å². The molecule has 0 saturated heterocycles. The van der Waals surface area contributed by atoms with Gasteiger partial charge in [0.05, 0.1) is 7.11 Å². The average molecular weight is 184 g/mol. The minimum Gasteiger partial charge on any atom is -0.361 e. The normalized spacial score (nSPS) is 10.1. The summed E-state index contributed by atoms with van der Waals surface area (Å²) in [6, 6.07) is 1.61. The SMILES string of the molecule is CCc1cc(C(=O)N(C)OC)no1. The molecule has 1 aromatic rings. The Bertz CT molecular complexity index is 295. The van der Waals surface area contributed by atoms with Crippen LogP contribution in [0.2, 0.25) is 0 Å². The quantitative estimate of drug-likeness (QED) is 0.654. The van der Waals surface area contributed by atoms with Gasteiger partial charge in [0.2, 0.25) is 0 Å². The van der Waals surface area contributed by atoms with Crippen LogP contribution in [0.3, 0.4) is 0 Å². The van der Waals surface area contributed by atoms with E-state index in [1.54, 1.807) is 6.07 Å². The number of hydrogen-bond acceptors (Lipinski definition) is 4. The van der Waals surface area contributed by atoms with Crippen molar-refractivity contribution < 1.29 is 14.2 Å². The number of amides is 1. The number of aryl methyl sites for hydroxylation is 1. The van der Waals surface area contributed by atoms with E-state index in [1.165, 1.54) is 14.2 Å². The van der Waals surface area contributed by atoms with Gasteiger partial charge in [-0.05, 0) is 0 Å². The minimum absolute atomic E-state index is 0.265. The van der Waals surface area contributed by atoms with Crippen LogP contribution in [0.5, 0.6) is 0 Å². The highest BCUT2D eigenvalue weighted by Crippen LogP contribution is 2.06. The number of carbonyl (C=O) groups excluding carboxylic acids is 1. The van der Waals surface area contributed by atoms with Gasteiger partial charge in [0.1, 0.15) is 5.76 Å². The fraction of sp³-hybridized carbons (Fsp3) is 0.500. The monoisotopic (exact) mass is 184 g/mol. The van der Waals surface area contributed by atoms with Crippen molar-refractivity contribution in [1.82, 2.24) is 10.2 Å². The van der Waals surface area contributed by atoms with Crippen LogP contribution in [0.1, 0.15) is 23.2 Å². The molecule has 0 aromatic carbocycles. The van der Waals surface area contributed by atoms with Crippen molar-refractivity contribution in [2.24, 2.45) is 0 Å². The first-order valence-electron chi connectivity index (χ1n) is 3.96. The highest BCUT2D eigenvalue weighted by molar-refractivity contribution is 5.91. The Morgan fingerprint density at radius 3 is 2.92 bits per heavy atom. The van der Waals surface area contributed by atoms with E-state index in [0.717, 1.165) is 11.5 Å². The Hall–Kier alpha value is -1.36. The molecule has 0 saturated carbocycles. The first-order chi connectivity index (χ1) is 6.19. The van der Waals surface area contributed by atoms with Gasteiger partial charge in [-0.1, -0.05) is 12.1 Å². The van der Waals surface area contributed by atoms with Gasteiger partial charge in [-0.2, -0.15) is 0 Å². The molecule has 72 valence electrons. The van der Waals surface area contributed by atoms with Crippen molar-refractivity contribution in [2.45, 2.75) is 13.3 Å². The highest BCUT2D eigenvalue weighted by atomic mass is 16.7. The fourth-order valence-electron chi connectivity index (χ4n) is 0.825. The molecule has 1 heterocycles. The number of rotatable bonds is 3. The highest BCUT2D eigenvalue weighted by Gasteiger charge is 2.15. The molecule has 0 radical (unpaired) electrons. The zero-order valence-corrected chi connectivity index (χ0v) is 7.90. The van der Waals surface area contributed by atoms with E-state index in [9.17, 15) is 4.79 Å². The molecule has 0 unspecified atom stereocenters. The van der Waals surface area contributed by atoms with Crippen LogP contribution >= 0.6 is 0 Å². The second-order valence-corrected chi connectivity index (χ2v) is 2.52. The molecule has 13 heavy (non-hydrogen) atoms.